The van der Waals surface area contributed by atoms with Crippen LogP contribution in [0.4, 0.5) is 5.82 Å². The van der Waals surface area contributed by atoms with Crippen LogP contribution in [0.2, 0.25) is 0 Å². The summed E-state index contributed by atoms with van der Waals surface area (Å²) in [5, 5.41) is 0. The molecule has 0 fully saturated rings. The minimum Gasteiger partial charge on any atom is -0.382 e. The third-order valence-corrected chi connectivity index (χ3v) is 7.69. The van der Waals surface area contributed by atoms with E-state index in [4.69, 9.17) is 5.73 Å². The van der Waals surface area contributed by atoms with Gasteiger partial charge in [-0.2, -0.15) is 0 Å². The fourth-order valence-corrected chi connectivity index (χ4v) is 5.43. The zero-order valence-electron chi connectivity index (χ0n) is 19.2. The van der Waals surface area contributed by atoms with E-state index in [9.17, 15) is 8.42 Å². The first-order valence-electron chi connectivity index (χ1n) is 11.4. The second-order valence-corrected chi connectivity index (χ2v) is 11.4. The van der Waals surface area contributed by atoms with Gasteiger partial charge in [0.05, 0.1) is 16.7 Å². The maximum atomic E-state index is 12.6. The highest BCUT2D eigenvalue weighted by Crippen LogP contribution is 2.30. The summed E-state index contributed by atoms with van der Waals surface area (Å²) >= 11 is 0. The molecule has 0 atom stereocenters. The smallest absolute Gasteiger partial charge is 0.240 e. The average molecular weight is 456 g/mol. The number of imidazole rings is 1. The van der Waals surface area contributed by atoms with Crippen molar-refractivity contribution < 1.29 is 8.42 Å². The number of nitrogens with two attached hydrogens (primary N) is 1. The number of hydrogen-bond acceptors (Lipinski definition) is 5. The molecule has 2 heterocycles. The van der Waals surface area contributed by atoms with Gasteiger partial charge in [0.15, 0.2) is 5.82 Å². The number of aryl methyl sites for hydroxylation is 3. The molecule has 7 nitrogen and oxygen atoms in total. The van der Waals surface area contributed by atoms with Gasteiger partial charge in [-0.1, -0.05) is 32.9 Å². The molecule has 0 amide bonds. The summed E-state index contributed by atoms with van der Waals surface area (Å²) in [5.74, 6) is 0.504. The number of pyridine rings is 1. The SMILES string of the molecule is CC(C)(C)c1ccc(S(=O)(=O)NCCCCn2cnc3c(N)nc4c(c32)CCCC4)cc1. The van der Waals surface area contributed by atoms with Crippen LogP contribution in [0.3, 0.4) is 0 Å². The number of benzene rings is 1. The molecule has 2 aromatic heterocycles. The third-order valence-electron chi connectivity index (χ3n) is 6.21. The zero-order valence-corrected chi connectivity index (χ0v) is 20.0. The summed E-state index contributed by atoms with van der Waals surface area (Å²) in [5.41, 5.74) is 11.5. The standard InChI is InChI=1S/C24H33N5O2S/c1-24(2,3)17-10-12-18(13-11-17)32(30,31)27-14-6-7-15-29-16-26-21-22(29)19-8-4-5-9-20(19)28-23(21)25/h10-13,16,27H,4-9,14-15H2,1-3H3,(H2,25,28). The van der Waals surface area contributed by atoms with E-state index in [0.29, 0.717) is 17.3 Å². The molecule has 1 aliphatic carbocycles. The highest BCUT2D eigenvalue weighted by atomic mass is 32.2. The van der Waals surface area contributed by atoms with Crippen LogP contribution in [-0.4, -0.2) is 29.5 Å². The van der Waals surface area contributed by atoms with E-state index in [2.05, 4.69) is 40.0 Å². The van der Waals surface area contributed by atoms with Gasteiger partial charge in [-0.15, -0.1) is 0 Å². The van der Waals surface area contributed by atoms with Crippen LogP contribution in [0.5, 0.6) is 0 Å². The van der Waals surface area contributed by atoms with Crippen LogP contribution in [0.15, 0.2) is 35.5 Å². The van der Waals surface area contributed by atoms with Gasteiger partial charge in [0, 0.05) is 18.8 Å². The van der Waals surface area contributed by atoms with Crippen molar-refractivity contribution >= 4 is 26.9 Å². The van der Waals surface area contributed by atoms with E-state index >= 15 is 0 Å². The number of fused-ring (bicyclic) bond motifs is 3. The van der Waals surface area contributed by atoms with Crippen molar-refractivity contribution in [3.8, 4) is 0 Å². The van der Waals surface area contributed by atoms with Crippen LogP contribution in [0.25, 0.3) is 11.0 Å². The minimum absolute atomic E-state index is 0.00676. The highest BCUT2D eigenvalue weighted by Gasteiger charge is 2.20. The molecule has 0 saturated carbocycles. The van der Waals surface area contributed by atoms with E-state index in [0.717, 1.165) is 67.4 Å². The lowest BCUT2D eigenvalue weighted by Gasteiger charge is -2.19. The van der Waals surface area contributed by atoms with E-state index in [1.165, 1.54) is 5.56 Å². The summed E-state index contributed by atoms with van der Waals surface area (Å²) in [6, 6.07) is 7.14. The van der Waals surface area contributed by atoms with Gasteiger partial charge < -0.3 is 10.3 Å². The fourth-order valence-electron chi connectivity index (χ4n) is 4.35. The van der Waals surface area contributed by atoms with Gasteiger partial charge >= 0.3 is 0 Å². The van der Waals surface area contributed by atoms with Crippen molar-refractivity contribution in [2.24, 2.45) is 0 Å². The summed E-state index contributed by atoms with van der Waals surface area (Å²) in [6.45, 7) is 7.50. The van der Waals surface area contributed by atoms with Gasteiger partial charge in [-0.05, 0) is 67.2 Å². The Balaban J connectivity index is 1.36. The van der Waals surface area contributed by atoms with Crippen LogP contribution in [0, 0.1) is 0 Å². The molecule has 8 heteroatoms. The quantitative estimate of drug-likeness (QED) is 0.525. The van der Waals surface area contributed by atoms with E-state index in [1.807, 2.05) is 18.5 Å². The Labute approximate surface area is 190 Å². The first-order valence-corrected chi connectivity index (χ1v) is 12.9. The van der Waals surface area contributed by atoms with Crippen LogP contribution in [0.1, 0.15) is 63.3 Å². The number of unbranched alkanes of at least 4 members (excludes halogenated alkanes) is 1. The number of hydrogen-bond donors (Lipinski definition) is 2. The molecule has 0 radical (unpaired) electrons. The summed E-state index contributed by atoms with van der Waals surface area (Å²) in [4.78, 5) is 9.36. The van der Waals surface area contributed by atoms with Crippen LogP contribution < -0.4 is 10.5 Å². The van der Waals surface area contributed by atoms with E-state index in [-0.39, 0.29) is 5.41 Å². The van der Waals surface area contributed by atoms with Gasteiger partial charge in [0.1, 0.15) is 5.52 Å². The molecule has 32 heavy (non-hydrogen) atoms. The number of anilines is 1. The molecule has 0 aliphatic heterocycles. The Morgan fingerprint density at radius 2 is 1.81 bits per heavy atom. The number of aromatic nitrogens is 3. The Hall–Kier alpha value is -2.45. The third kappa shape index (κ3) is 4.66. The predicted molar refractivity (Wildman–Crippen MR) is 128 cm³/mol. The van der Waals surface area contributed by atoms with Crippen molar-refractivity contribution in [1.82, 2.24) is 19.3 Å². The highest BCUT2D eigenvalue weighted by molar-refractivity contribution is 7.89. The van der Waals surface area contributed by atoms with Crippen molar-refractivity contribution in [2.45, 2.75) is 76.2 Å². The Morgan fingerprint density at radius 1 is 1.09 bits per heavy atom. The Kier molecular flexibility index (Phi) is 6.27. The van der Waals surface area contributed by atoms with Gasteiger partial charge in [0.2, 0.25) is 10.0 Å². The number of sulfonamides is 1. The summed E-state index contributed by atoms with van der Waals surface area (Å²) < 4.78 is 30.1. The molecule has 4 rings (SSSR count). The number of nitrogen functional groups attached to an aromatic ring is 1. The predicted octanol–water partition coefficient (Wildman–Crippen LogP) is 3.95. The monoisotopic (exact) mass is 455 g/mol. The normalized spacial score (nSPS) is 14.6. The molecule has 0 bridgehead atoms. The van der Waals surface area contributed by atoms with Gasteiger partial charge in [0.25, 0.3) is 0 Å². The van der Waals surface area contributed by atoms with Crippen LogP contribution in [-0.2, 0) is 34.8 Å². The number of nitrogens with zero attached hydrogens (tertiary/aromatic N) is 3. The molecular formula is C24H33N5O2S. The van der Waals surface area contributed by atoms with Crippen molar-refractivity contribution in [3.05, 3.63) is 47.4 Å². The second kappa shape index (κ2) is 8.83. The van der Waals surface area contributed by atoms with E-state index in [1.54, 1.807) is 12.1 Å². The zero-order chi connectivity index (χ0) is 22.9. The molecule has 1 aromatic carbocycles. The van der Waals surface area contributed by atoms with Crippen molar-refractivity contribution in [2.75, 3.05) is 12.3 Å². The lowest BCUT2D eigenvalue weighted by Crippen LogP contribution is -2.25. The largest absolute Gasteiger partial charge is 0.382 e. The van der Waals surface area contributed by atoms with Gasteiger partial charge in [-0.3, -0.25) is 0 Å². The first-order chi connectivity index (χ1) is 15.2. The topological polar surface area (TPSA) is 103 Å². The van der Waals surface area contributed by atoms with E-state index < -0.39 is 10.0 Å². The summed E-state index contributed by atoms with van der Waals surface area (Å²) in [7, 11) is -3.50. The molecule has 0 unspecified atom stereocenters. The number of nitrogens with one attached hydrogen (secondary N) is 1. The molecule has 172 valence electrons. The average Bonchev–Trinajstić information content (AvgIpc) is 3.18. The van der Waals surface area contributed by atoms with Crippen LogP contribution >= 0.6 is 0 Å². The Bertz CT molecular complexity index is 1210. The first kappa shape index (κ1) is 22.7. The molecule has 1 aliphatic rings. The minimum atomic E-state index is -3.50. The molecular weight excluding hydrogens is 422 g/mol. The molecule has 3 N–H and O–H groups in total. The van der Waals surface area contributed by atoms with Crippen molar-refractivity contribution in [1.29, 1.82) is 0 Å². The molecule has 0 saturated heterocycles. The maximum absolute atomic E-state index is 12.6. The second-order valence-electron chi connectivity index (χ2n) is 9.64. The van der Waals surface area contributed by atoms with Crippen molar-refractivity contribution in [3.63, 3.8) is 0 Å². The fraction of sp³-hybridized carbons (Fsp3) is 0.500. The molecule has 0 spiro atoms. The summed E-state index contributed by atoms with van der Waals surface area (Å²) in [6.07, 6.45) is 7.71. The lowest BCUT2D eigenvalue weighted by atomic mass is 9.87. The lowest BCUT2D eigenvalue weighted by molar-refractivity contribution is 0.566. The number of rotatable bonds is 7. The maximum Gasteiger partial charge on any atom is 0.240 e. The Morgan fingerprint density at radius 3 is 2.53 bits per heavy atom. The molecule has 3 aromatic rings. The van der Waals surface area contributed by atoms with Gasteiger partial charge in [-0.25, -0.2) is 23.1 Å².